The minimum Gasteiger partial charge on any atom is -0.466 e. The van der Waals surface area contributed by atoms with Crippen molar-refractivity contribution in [1.82, 2.24) is 34.8 Å². The lowest BCUT2D eigenvalue weighted by atomic mass is 10.1. The van der Waals surface area contributed by atoms with Gasteiger partial charge in [-0.15, -0.1) is 11.6 Å². The molecule has 260 valence electrons. The van der Waals surface area contributed by atoms with Crippen LogP contribution in [0.25, 0.3) is 0 Å². The average Bonchev–Trinajstić information content (AvgIpc) is 3.77. The van der Waals surface area contributed by atoms with Crippen LogP contribution in [0.15, 0.2) is 61.7 Å². The number of halogens is 5. The van der Waals surface area contributed by atoms with E-state index in [0.717, 1.165) is 24.3 Å². The summed E-state index contributed by atoms with van der Waals surface area (Å²) < 4.78 is 56.6. The summed E-state index contributed by atoms with van der Waals surface area (Å²) in [6.45, 7) is 13.7. The number of nitrogens with zero attached hydrogens (tertiary/aromatic N) is 6. The normalized spacial score (nSPS) is 9.43. The number of ether oxygens (including phenoxy) is 1. The number of benzene rings is 2. The standard InChI is InChI=1S/C10H7F2N3O.C8H5ClF2O.C6H15N.C4H8O2.C2H3N3.CH4/c11-7-1-2-8(9(12)3-7)10(16)4-15-6-13-5-14-15;9-4-8(12)6-2-1-5(10)3-7(6)11;1-4-7(5-2)6-3;1-3-6-4(2)5;1-3-2-5-4-1;/h1-3,5-6H,4H2;1-3H,4H2;4-6H2,1-3H3;3H2,1-2H3;1-2H,(H,3,4,5);1H4. The maximum Gasteiger partial charge on any atom is 0.302 e. The maximum atomic E-state index is 13.2. The first-order chi connectivity index (χ1) is 21.9. The highest BCUT2D eigenvalue weighted by molar-refractivity contribution is 6.30. The van der Waals surface area contributed by atoms with Gasteiger partial charge < -0.3 is 9.64 Å². The molecule has 0 atom stereocenters. The number of Topliss-reactive ketones (excluding diaryl/α,β-unsaturated/α-hetero) is 2. The molecule has 0 amide bonds. The topological polar surface area (TPSA) is 136 Å². The van der Waals surface area contributed by atoms with E-state index in [9.17, 15) is 31.9 Å². The Bertz CT molecular complexity index is 1390. The van der Waals surface area contributed by atoms with Gasteiger partial charge in [-0.05, 0) is 50.8 Å². The number of aromatic nitrogens is 6. The van der Waals surface area contributed by atoms with Crippen LogP contribution in [0, 0.1) is 23.3 Å². The van der Waals surface area contributed by atoms with E-state index in [2.05, 4.69) is 55.7 Å². The molecule has 0 fully saturated rings. The summed E-state index contributed by atoms with van der Waals surface area (Å²) in [5.74, 6) is -4.71. The van der Waals surface area contributed by atoms with Crippen LogP contribution < -0.4 is 0 Å². The molecule has 0 bridgehead atoms. The largest absolute Gasteiger partial charge is 0.466 e. The SMILES string of the molecule is C.CCN(CC)CC.CCOC(C)=O.O=C(CCl)c1ccc(F)cc1F.O=C(Cn1cncn1)c1ccc(F)cc1F.c1nc[nH]n1. The highest BCUT2D eigenvalue weighted by Crippen LogP contribution is 2.11. The molecule has 0 aliphatic rings. The van der Waals surface area contributed by atoms with E-state index >= 15 is 0 Å². The molecule has 0 aliphatic carbocycles. The monoisotopic (exact) mass is 687 g/mol. The lowest BCUT2D eigenvalue weighted by Gasteiger charge is -2.13. The predicted molar refractivity (Wildman–Crippen MR) is 171 cm³/mol. The highest BCUT2D eigenvalue weighted by Gasteiger charge is 2.13. The Morgan fingerprint density at radius 1 is 0.851 bits per heavy atom. The van der Waals surface area contributed by atoms with Crippen LogP contribution >= 0.6 is 11.6 Å². The molecule has 0 spiro atoms. The summed E-state index contributed by atoms with van der Waals surface area (Å²) in [5.41, 5.74) is -0.330. The summed E-state index contributed by atoms with van der Waals surface area (Å²) >= 11 is 5.19. The van der Waals surface area contributed by atoms with Crippen molar-refractivity contribution in [1.29, 1.82) is 0 Å². The Morgan fingerprint density at radius 3 is 1.66 bits per heavy atom. The van der Waals surface area contributed by atoms with E-state index in [1.807, 2.05) is 0 Å². The van der Waals surface area contributed by atoms with Gasteiger partial charge in [0.2, 0.25) is 0 Å². The van der Waals surface area contributed by atoms with Crippen molar-refractivity contribution in [3.63, 3.8) is 0 Å². The molecule has 0 aliphatic heterocycles. The number of rotatable bonds is 9. The van der Waals surface area contributed by atoms with Crippen molar-refractivity contribution in [3.05, 3.63) is 96.1 Å². The van der Waals surface area contributed by atoms with Gasteiger partial charge in [0.25, 0.3) is 0 Å². The van der Waals surface area contributed by atoms with E-state index in [4.69, 9.17) is 11.6 Å². The Kier molecular flexibility index (Phi) is 25.3. The fraction of sp³-hybridized carbons (Fsp3) is 0.387. The minimum absolute atomic E-state index is 0. The third-order valence-electron chi connectivity index (χ3n) is 5.38. The number of carbonyl (C=O) groups is 3. The molecule has 0 saturated heterocycles. The second kappa shape index (κ2) is 26.7. The number of nitrogens with one attached hydrogen (secondary N) is 1. The minimum atomic E-state index is -0.874. The molecule has 11 nitrogen and oxygen atoms in total. The Morgan fingerprint density at radius 2 is 1.38 bits per heavy atom. The van der Waals surface area contributed by atoms with Gasteiger partial charge in [0, 0.05) is 19.1 Å². The summed E-state index contributed by atoms with van der Waals surface area (Å²) in [7, 11) is 0. The van der Waals surface area contributed by atoms with E-state index < -0.39 is 34.8 Å². The first-order valence-corrected chi connectivity index (χ1v) is 14.5. The van der Waals surface area contributed by atoms with Crippen LogP contribution in [0.5, 0.6) is 0 Å². The van der Waals surface area contributed by atoms with Crippen LogP contribution in [0.4, 0.5) is 17.6 Å². The zero-order chi connectivity index (χ0) is 34.9. The van der Waals surface area contributed by atoms with Gasteiger partial charge in [0.1, 0.15) is 55.1 Å². The Hall–Kier alpha value is -4.50. The van der Waals surface area contributed by atoms with Crippen LogP contribution in [0.3, 0.4) is 0 Å². The van der Waals surface area contributed by atoms with E-state index in [1.165, 1.54) is 56.5 Å². The lowest BCUT2D eigenvalue weighted by Crippen LogP contribution is -2.21. The number of esters is 1. The highest BCUT2D eigenvalue weighted by atomic mass is 35.5. The van der Waals surface area contributed by atoms with Crippen LogP contribution in [0.2, 0.25) is 0 Å². The number of aromatic amines is 1. The van der Waals surface area contributed by atoms with Gasteiger partial charge in [0.05, 0.1) is 23.6 Å². The van der Waals surface area contributed by atoms with E-state index in [0.29, 0.717) is 18.7 Å². The van der Waals surface area contributed by atoms with E-state index in [-0.39, 0.29) is 36.9 Å². The number of alkyl halides is 1. The molecule has 0 unspecified atom stereocenters. The molecule has 0 radical (unpaired) electrons. The second-order valence-electron chi connectivity index (χ2n) is 8.52. The predicted octanol–water partition coefficient (Wildman–Crippen LogP) is 6.18. The first kappa shape index (κ1) is 44.6. The molecule has 47 heavy (non-hydrogen) atoms. The molecule has 1 N–H and O–H groups in total. The van der Waals surface area contributed by atoms with Crippen molar-refractivity contribution < 1.29 is 36.7 Å². The molecular weight excluding hydrogens is 646 g/mol. The molecule has 2 heterocycles. The first-order valence-electron chi connectivity index (χ1n) is 13.9. The molecule has 2 aromatic carbocycles. The zero-order valence-electron chi connectivity index (χ0n) is 26.2. The van der Waals surface area contributed by atoms with Gasteiger partial charge >= 0.3 is 5.97 Å². The van der Waals surface area contributed by atoms with Crippen LogP contribution in [-0.4, -0.2) is 84.5 Å². The average molecular weight is 688 g/mol. The number of hydrogen-bond donors (Lipinski definition) is 1. The molecule has 2 aromatic heterocycles. The molecule has 4 rings (SSSR count). The molecular formula is C31H42ClF4N7O4. The number of H-pyrrole nitrogens is 1. The van der Waals surface area contributed by atoms with Crippen LogP contribution in [0.1, 0.15) is 62.8 Å². The van der Waals surface area contributed by atoms with E-state index in [1.54, 1.807) is 6.92 Å². The van der Waals surface area contributed by atoms with Gasteiger partial charge in [-0.1, -0.05) is 28.2 Å². The molecule has 0 saturated carbocycles. The van der Waals surface area contributed by atoms with Gasteiger partial charge in [0.15, 0.2) is 11.6 Å². The third kappa shape index (κ3) is 20.3. The van der Waals surface area contributed by atoms with Crippen molar-refractivity contribution in [2.24, 2.45) is 0 Å². The summed E-state index contributed by atoms with van der Waals surface area (Å²) in [4.78, 5) is 41.8. The van der Waals surface area contributed by atoms with Crippen molar-refractivity contribution in [2.45, 2.75) is 48.6 Å². The Labute approximate surface area is 277 Å². The zero-order valence-corrected chi connectivity index (χ0v) is 27.0. The number of carbonyl (C=O) groups excluding carboxylic acids is 3. The number of hydrogen-bond acceptors (Lipinski definition) is 9. The summed E-state index contributed by atoms with van der Waals surface area (Å²) in [5, 5.41) is 9.70. The van der Waals surface area contributed by atoms with Crippen LogP contribution in [-0.2, 0) is 16.1 Å². The summed E-state index contributed by atoms with van der Waals surface area (Å²) in [6.07, 6.45) is 5.58. The second-order valence-corrected chi connectivity index (χ2v) is 8.78. The maximum absolute atomic E-state index is 13.2. The van der Waals surface area contributed by atoms with Crippen molar-refractivity contribution in [2.75, 3.05) is 32.1 Å². The van der Waals surface area contributed by atoms with Gasteiger partial charge in [-0.25, -0.2) is 32.2 Å². The Balaban J connectivity index is 0. The summed E-state index contributed by atoms with van der Waals surface area (Å²) in [6, 6.07) is 5.58. The van der Waals surface area contributed by atoms with Gasteiger partial charge in [-0.2, -0.15) is 10.2 Å². The smallest absolute Gasteiger partial charge is 0.302 e. The van der Waals surface area contributed by atoms with Crippen molar-refractivity contribution >= 4 is 29.1 Å². The van der Waals surface area contributed by atoms with Gasteiger partial charge in [-0.3, -0.25) is 19.5 Å². The third-order valence-corrected chi connectivity index (χ3v) is 5.62. The fourth-order valence-corrected chi connectivity index (χ4v) is 3.23. The lowest BCUT2D eigenvalue weighted by molar-refractivity contribution is -0.140. The molecule has 4 aromatic rings. The number of ketones is 2. The fourth-order valence-electron chi connectivity index (χ4n) is 3.09. The molecule has 16 heteroatoms. The quantitative estimate of drug-likeness (QED) is 0.0946. The van der Waals surface area contributed by atoms with Crippen molar-refractivity contribution in [3.8, 4) is 0 Å².